The van der Waals surface area contributed by atoms with Crippen molar-refractivity contribution in [3.8, 4) is 18.1 Å². The highest BCUT2D eigenvalue weighted by molar-refractivity contribution is 5.96. The van der Waals surface area contributed by atoms with Gasteiger partial charge in [-0.2, -0.15) is 0 Å². The molecule has 1 aromatic rings. The van der Waals surface area contributed by atoms with Crippen molar-refractivity contribution in [1.82, 2.24) is 5.32 Å². The number of terminal acetylenes is 1. The third-order valence-corrected chi connectivity index (χ3v) is 2.35. The highest BCUT2D eigenvalue weighted by Crippen LogP contribution is 2.19. The van der Waals surface area contributed by atoms with Gasteiger partial charge >= 0.3 is 0 Å². The van der Waals surface area contributed by atoms with Crippen molar-refractivity contribution < 1.29 is 9.90 Å². The van der Waals surface area contributed by atoms with Crippen LogP contribution in [0.4, 0.5) is 0 Å². The summed E-state index contributed by atoms with van der Waals surface area (Å²) in [4.78, 5) is 11.8. The number of carbonyl (C=O) groups excluding carboxylic acids is 1. The minimum atomic E-state index is -0.212. The van der Waals surface area contributed by atoms with Crippen molar-refractivity contribution >= 4 is 5.91 Å². The zero-order chi connectivity index (χ0) is 12.1. The average molecular weight is 217 g/mol. The van der Waals surface area contributed by atoms with Gasteiger partial charge in [0.15, 0.2) is 0 Å². The number of amides is 1. The summed E-state index contributed by atoms with van der Waals surface area (Å²) in [5, 5.41) is 12.2. The number of phenolic OH excluding ortho intramolecular Hbond substituents is 1. The third-order valence-electron chi connectivity index (χ3n) is 2.35. The number of benzene rings is 1. The van der Waals surface area contributed by atoms with Crippen LogP contribution < -0.4 is 5.32 Å². The van der Waals surface area contributed by atoms with Gasteiger partial charge in [-0.05, 0) is 26.0 Å². The van der Waals surface area contributed by atoms with Crippen molar-refractivity contribution in [3.63, 3.8) is 0 Å². The molecule has 84 valence electrons. The van der Waals surface area contributed by atoms with Crippen LogP contribution in [0.25, 0.3) is 0 Å². The Morgan fingerprint density at radius 3 is 2.94 bits per heavy atom. The molecule has 0 saturated carbocycles. The summed E-state index contributed by atoms with van der Waals surface area (Å²) in [6, 6.07) is 4.80. The largest absolute Gasteiger partial charge is 0.508 e. The topological polar surface area (TPSA) is 49.3 Å². The maximum absolute atomic E-state index is 11.8. The van der Waals surface area contributed by atoms with E-state index in [1.54, 1.807) is 25.1 Å². The molecule has 0 aliphatic heterocycles. The molecule has 3 nitrogen and oxygen atoms in total. The van der Waals surface area contributed by atoms with Crippen LogP contribution in [-0.2, 0) is 0 Å². The predicted molar refractivity (Wildman–Crippen MR) is 63.2 cm³/mol. The SMILES string of the molecule is C#CCC(C)NC(=O)c1cccc(O)c1C. The van der Waals surface area contributed by atoms with Gasteiger partial charge < -0.3 is 10.4 Å². The summed E-state index contributed by atoms with van der Waals surface area (Å²) < 4.78 is 0. The fourth-order valence-corrected chi connectivity index (χ4v) is 1.40. The Morgan fingerprint density at radius 2 is 2.31 bits per heavy atom. The molecule has 0 aliphatic rings. The smallest absolute Gasteiger partial charge is 0.251 e. The van der Waals surface area contributed by atoms with Crippen LogP contribution in [0, 0.1) is 19.3 Å². The number of hydrogen-bond donors (Lipinski definition) is 2. The summed E-state index contributed by atoms with van der Waals surface area (Å²) in [6.45, 7) is 3.55. The second-order valence-corrected chi connectivity index (χ2v) is 3.73. The molecular formula is C13H15NO2. The maximum Gasteiger partial charge on any atom is 0.251 e. The Balaban J connectivity index is 2.82. The molecule has 0 fully saturated rings. The van der Waals surface area contributed by atoms with Gasteiger partial charge in [0.05, 0.1) is 0 Å². The van der Waals surface area contributed by atoms with Crippen LogP contribution in [0.3, 0.4) is 0 Å². The summed E-state index contributed by atoms with van der Waals surface area (Å²) in [5.41, 5.74) is 1.05. The van der Waals surface area contributed by atoms with E-state index in [1.807, 2.05) is 6.92 Å². The summed E-state index contributed by atoms with van der Waals surface area (Å²) in [7, 11) is 0. The number of aromatic hydroxyl groups is 1. The molecule has 1 unspecified atom stereocenters. The molecule has 0 aliphatic carbocycles. The van der Waals surface area contributed by atoms with Crippen LogP contribution >= 0.6 is 0 Å². The Morgan fingerprint density at radius 1 is 1.62 bits per heavy atom. The molecule has 1 atom stereocenters. The lowest BCUT2D eigenvalue weighted by Gasteiger charge is -2.12. The van der Waals surface area contributed by atoms with Gasteiger partial charge in [0.2, 0.25) is 0 Å². The van der Waals surface area contributed by atoms with Gasteiger partial charge in [0, 0.05) is 23.6 Å². The molecule has 16 heavy (non-hydrogen) atoms. The van der Waals surface area contributed by atoms with Gasteiger partial charge in [-0.15, -0.1) is 12.3 Å². The molecule has 1 amide bonds. The number of hydrogen-bond acceptors (Lipinski definition) is 2. The van der Waals surface area contributed by atoms with Crippen molar-refractivity contribution in [2.45, 2.75) is 26.3 Å². The van der Waals surface area contributed by atoms with E-state index < -0.39 is 0 Å². The minimum absolute atomic E-state index is 0.0701. The fourth-order valence-electron chi connectivity index (χ4n) is 1.40. The van der Waals surface area contributed by atoms with Gasteiger partial charge in [0.25, 0.3) is 5.91 Å². The van der Waals surface area contributed by atoms with E-state index in [9.17, 15) is 9.90 Å². The first-order valence-electron chi connectivity index (χ1n) is 5.09. The molecule has 1 aromatic carbocycles. The lowest BCUT2D eigenvalue weighted by Crippen LogP contribution is -2.32. The van der Waals surface area contributed by atoms with Crippen molar-refractivity contribution in [3.05, 3.63) is 29.3 Å². The van der Waals surface area contributed by atoms with E-state index in [4.69, 9.17) is 6.42 Å². The van der Waals surface area contributed by atoms with Gasteiger partial charge in [-0.3, -0.25) is 4.79 Å². The average Bonchev–Trinajstić information content (AvgIpc) is 2.22. The molecule has 0 saturated heterocycles. The zero-order valence-corrected chi connectivity index (χ0v) is 9.45. The van der Waals surface area contributed by atoms with Crippen molar-refractivity contribution in [2.75, 3.05) is 0 Å². The van der Waals surface area contributed by atoms with Crippen molar-refractivity contribution in [2.24, 2.45) is 0 Å². The Hall–Kier alpha value is -1.95. The molecule has 0 heterocycles. The predicted octanol–water partition coefficient (Wildman–Crippen LogP) is 1.84. The molecule has 0 aromatic heterocycles. The lowest BCUT2D eigenvalue weighted by molar-refractivity contribution is 0.0940. The molecule has 3 heteroatoms. The normalized spacial score (nSPS) is 11.6. The first-order chi connectivity index (χ1) is 7.56. The van der Waals surface area contributed by atoms with E-state index in [1.165, 1.54) is 0 Å². The molecule has 0 radical (unpaired) electrons. The highest BCUT2D eigenvalue weighted by atomic mass is 16.3. The number of nitrogens with one attached hydrogen (secondary N) is 1. The van der Waals surface area contributed by atoms with E-state index in [0.717, 1.165) is 0 Å². The maximum atomic E-state index is 11.8. The van der Waals surface area contributed by atoms with Crippen LogP contribution in [0.15, 0.2) is 18.2 Å². The number of carbonyl (C=O) groups is 1. The Labute approximate surface area is 95.5 Å². The standard InChI is InChI=1S/C13H15NO2/c1-4-6-9(2)14-13(16)11-7-5-8-12(15)10(11)3/h1,5,7-9,15H,6H2,2-3H3,(H,14,16). The zero-order valence-electron chi connectivity index (χ0n) is 9.45. The molecule has 0 spiro atoms. The van der Waals surface area contributed by atoms with Gasteiger partial charge in [0.1, 0.15) is 5.75 Å². The molecular weight excluding hydrogens is 202 g/mol. The van der Waals surface area contributed by atoms with E-state index in [-0.39, 0.29) is 17.7 Å². The van der Waals surface area contributed by atoms with Crippen LogP contribution in [0.1, 0.15) is 29.3 Å². The molecule has 0 bridgehead atoms. The van der Waals surface area contributed by atoms with E-state index in [0.29, 0.717) is 17.5 Å². The Kier molecular flexibility index (Phi) is 3.96. The van der Waals surface area contributed by atoms with E-state index >= 15 is 0 Å². The minimum Gasteiger partial charge on any atom is -0.508 e. The monoisotopic (exact) mass is 217 g/mol. The van der Waals surface area contributed by atoms with Crippen LogP contribution in [0.2, 0.25) is 0 Å². The summed E-state index contributed by atoms with van der Waals surface area (Å²) >= 11 is 0. The molecule has 2 N–H and O–H groups in total. The fraction of sp³-hybridized carbons (Fsp3) is 0.308. The van der Waals surface area contributed by atoms with Gasteiger partial charge in [-0.1, -0.05) is 6.07 Å². The highest BCUT2D eigenvalue weighted by Gasteiger charge is 2.12. The van der Waals surface area contributed by atoms with E-state index in [2.05, 4.69) is 11.2 Å². The summed E-state index contributed by atoms with van der Waals surface area (Å²) in [6.07, 6.45) is 5.65. The Bertz CT molecular complexity index is 432. The lowest BCUT2D eigenvalue weighted by atomic mass is 10.1. The van der Waals surface area contributed by atoms with Crippen molar-refractivity contribution in [1.29, 1.82) is 0 Å². The first kappa shape index (κ1) is 12.1. The molecule has 1 rings (SSSR count). The summed E-state index contributed by atoms with van der Waals surface area (Å²) in [5.74, 6) is 2.40. The second kappa shape index (κ2) is 5.22. The first-order valence-corrected chi connectivity index (χ1v) is 5.09. The van der Waals surface area contributed by atoms with Crippen LogP contribution in [0.5, 0.6) is 5.75 Å². The van der Waals surface area contributed by atoms with Gasteiger partial charge in [-0.25, -0.2) is 0 Å². The van der Waals surface area contributed by atoms with Crippen LogP contribution in [-0.4, -0.2) is 17.1 Å². The third kappa shape index (κ3) is 2.77. The second-order valence-electron chi connectivity index (χ2n) is 3.73. The number of rotatable bonds is 3. The number of phenols is 1. The quantitative estimate of drug-likeness (QED) is 0.759.